The van der Waals surface area contributed by atoms with Gasteiger partial charge in [-0.25, -0.2) is 4.98 Å². The predicted molar refractivity (Wildman–Crippen MR) is 69.7 cm³/mol. The number of nitrogens with zero attached hydrogens (tertiary/aromatic N) is 3. The van der Waals surface area contributed by atoms with Gasteiger partial charge < -0.3 is 4.52 Å². The maximum atomic E-state index is 5.24. The Kier molecular flexibility index (Phi) is 3.99. The van der Waals surface area contributed by atoms with Crippen LogP contribution in [-0.4, -0.2) is 21.4 Å². The smallest absolute Gasteiger partial charge is 0.240 e. The van der Waals surface area contributed by atoms with Crippen molar-refractivity contribution >= 4 is 39.0 Å². The first kappa shape index (κ1) is 12.1. The average molecular weight is 320 g/mol. The molecule has 0 saturated carbocycles. The Morgan fingerprint density at radius 1 is 1.62 bits per heavy atom. The lowest BCUT2D eigenvalue weighted by Gasteiger charge is -2.03. The van der Waals surface area contributed by atoms with E-state index in [9.17, 15) is 0 Å². The van der Waals surface area contributed by atoms with Gasteiger partial charge in [-0.3, -0.25) is 0 Å². The molecule has 2 rings (SSSR count). The minimum atomic E-state index is 0.268. The van der Waals surface area contributed by atoms with Crippen molar-refractivity contribution in [3.63, 3.8) is 0 Å². The molecule has 16 heavy (non-hydrogen) atoms. The summed E-state index contributed by atoms with van der Waals surface area (Å²) < 4.78 is 6.21. The maximum absolute atomic E-state index is 5.24. The largest absolute Gasteiger partial charge is 0.338 e. The second-order valence-corrected chi connectivity index (χ2v) is 6.51. The molecule has 0 saturated heterocycles. The van der Waals surface area contributed by atoms with E-state index < -0.39 is 0 Å². The van der Waals surface area contributed by atoms with Gasteiger partial charge in [0.2, 0.25) is 11.7 Å². The molecule has 0 N–H and O–H groups in total. The van der Waals surface area contributed by atoms with Gasteiger partial charge in [0.25, 0.3) is 0 Å². The topological polar surface area (TPSA) is 51.8 Å². The lowest BCUT2D eigenvalue weighted by molar-refractivity contribution is 0.375. The van der Waals surface area contributed by atoms with Gasteiger partial charge in [0.15, 0.2) is 5.01 Å². The third-order valence-electron chi connectivity index (χ3n) is 2.04. The van der Waals surface area contributed by atoms with E-state index in [-0.39, 0.29) is 5.25 Å². The molecule has 7 heteroatoms. The molecule has 0 amide bonds. The molecule has 0 aliphatic carbocycles. The number of hydrogen-bond acceptors (Lipinski definition) is 6. The first-order chi connectivity index (χ1) is 7.74. The summed E-state index contributed by atoms with van der Waals surface area (Å²) in [4.78, 5) is 8.55. The molecule has 1 atom stereocenters. The van der Waals surface area contributed by atoms with Crippen LogP contribution in [0.1, 0.15) is 24.5 Å². The predicted octanol–water partition coefficient (Wildman–Crippen LogP) is 3.77. The van der Waals surface area contributed by atoms with Crippen molar-refractivity contribution in [3.8, 4) is 10.8 Å². The summed E-state index contributed by atoms with van der Waals surface area (Å²) in [6, 6.07) is 0. The first-order valence-electron chi connectivity index (χ1n) is 4.72. The number of hydrogen-bond donors (Lipinski definition) is 0. The Morgan fingerprint density at radius 2 is 2.44 bits per heavy atom. The summed E-state index contributed by atoms with van der Waals surface area (Å²) in [5.41, 5.74) is 0. The molecule has 0 aromatic carbocycles. The Hall–Kier alpha value is -0.400. The zero-order chi connectivity index (χ0) is 11.5. The van der Waals surface area contributed by atoms with Crippen LogP contribution >= 0.6 is 39.0 Å². The van der Waals surface area contributed by atoms with Gasteiger partial charge in [0.1, 0.15) is 0 Å². The number of thioether (sulfide) groups is 1. The van der Waals surface area contributed by atoms with Crippen LogP contribution in [0.25, 0.3) is 10.8 Å². The van der Waals surface area contributed by atoms with Gasteiger partial charge in [-0.2, -0.15) is 16.7 Å². The van der Waals surface area contributed by atoms with Gasteiger partial charge in [0.05, 0.1) is 15.2 Å². The van der Waals surface area contributed by atoms with Crippen molar-refractivity contribution in [3.05, 3.63) is 15.9 Å². The molecular formula is C9H10BrN3OS2. The molecular weight excluding hydrogens is 310 g/mol. The second-order valence-electron chi connectivity index (χ2n) is 3.06. The van der Waals surface area contributed by atoms with E-state index in [1.807, 2.05) is 6.26 Å². The highest BCUT2D eigenvalue weighted by Crippen LogP contribution is 2.31. The van der Waals surface area contributed by atoms with Gasteiger partial charge in [-0.15, -0.1) is 11.3 Å². The van der Waals surface area contributed by atoms with Crippen LogP contribution in [0.5, 0.6) is 0 Å². The summed E-state index contributed by atoms with van der Waals surface area (Å²) in [6.07, 6.45) is 4.75. The number of rotatable bonds is 4. The van der Waals surface area contributed by atoms with Crippen LogP contribution in [0, 0.1) is 0 Å². The third-order valence-corrected chi connectivity index (χ3v) is 4.62. The summed E-state index contributed by atoms with van der Waals surface area (Å²) in [5.74, 6) is 1.24. The van der Waals surface area contributed by atoms with Crippen molar-refractivity contribution in [2.45, 2.75) is 18.6 Å². The molecule has 0 radical (unpaired) electrons. The monoisotopic (exact) mass is 319 g/mol. The van der Waals surface area contributed by atoms with Crippen molar-refractivity contribution in [1.82, 2.24) is 15.1 Å². The summed E-state index contributed by atoms with van der Waals surface area (Å²) in [5, 5.41) is 4.99. The van der Waals surface area contributed by atoms with E-state index in [0.29, 0.717) is 11.7 Å². The van der Waals surface area contributed by atoms with Crippen LogP contribution in [-0.2, 0) is 0 Å². The third kappa shape index (κ3) is 2.46. The van der Waals surface area contributed by atoms with E-state index in [0.717, 1.165) is 15.2 Å². The van der Waals surface area contributed by atoms with Crippen LogP contribution in [0.4, 0.5) is 0 Å². The number of aromatic nitrogens is 3. The van der Waals surface area contributed by atoms with Gasteiger partial charge in [-0.05, 0) is 28.6 Å². The van der Waals surface area contributed by atoms with E-state index in [1.165, 1.54) is 11.3 Å². The molecule has 0 aliphatic rings. The van der Waals surface area contributed by atoms with Crippen molar-refractivity contribution in [2.24, 2.45) is 0 Å². The number of halogens is 1. The van der Waals surface area contributed by atoms with Crippen LogP contribution in [0.15, 0.2) is 14.5 Å². The molecule has 0 spiro atoms. The quantitative estimate of drug-likeness (QED) is 0.858. The molecule has 2 aromatic heterocycles. The van der Waals surface area contributed by atoms with Crippen molar-refractivity contribution in [1.29, 1.82) is 0 Å². The second kappa shape index (κ2) is 5.29. The van der Waals surface area contributed by atoms with E-state index >= 15 is 0 Å². The highest BCUT2D eigenvalue weighted by Gasteiger charge is 2.18. The Labute approximate surface area is 110 Å². The average Bonchev–Trinajstić information content (AvgIpc) is 2.89. The SMILES string of the molecule is CCC(SC)c1nc(-c2ncc(Br)s2)no1. The van der Waals surface area contributed by atoms with E-state index in [2.05, 4.69) is 38.0 Å². The molecule has 4 nitrogen and oxygen atoms in total. The Morgan fingerprint density at radius 3 is 3.00 bits per heavy atom. The molecule has 86 valence electrons. The molecule has 0 bridgehead atoms. The summed E-state index contributed by atoms with van der Waals surface area (Å²) in [6.45, 7) is 2.10. The highest BCUT2D eigenvalue weighted by atomic mass is 79.9. The first-order valence-corrected chi connectivity index (χ1v) is 7.62. The van der Waals surface area contributed by atoms with Gasteiger partial charge in [-0.1, -0.05) is 12.1 Å². The van der Waals surface area contributed by atoms with E-state index in [1.54, 1.807) is 18.0 Å². The molecule has 0 aliphatic heterocycles. The van der Waals surface area contributed by atoms with Crippen LogP contribution in [0.3, 0.4) is 0 Å². The Balaban J connectivity index is 2.25. The van der Waals surface area contributed by atoms with Crippen LogP contribution < -0.4 is 0 Å². The maximum Gasteiger partial charge on any atom is 0.240 e. The van der Waals surface area contributed by atoms with Gasteiger partial charge in [0, 0.05) is 0 Å². The summed E-state index contributed by atoms with van der Waals surface area (Å²) >= 11 is 6.57. The highest BCUT2D eigenvalue weighted by molar-refractivity contribution is 9.11. The molecule has 2 aromatic rings. The van der Waals surface area contributed by atoms with Crippen molar-refractivity contribution in [2.75, 3.05) is 6.26 Å². The Bertz CT molecular complexity index is 467. The standard InChI is InChI=1S/C9H10BrN3OS2/c1-3-5(15-2)8-12-7(13-14-8)9-11-4-6(10)16-9/h4-5H,3H2,1-2H3. The van der Waals surface area contributed by atoms with E-state index in [4.69, 9.17) is 4.52 Å². The number of thiazole rings is 1. The van der Waals surface area contributed by atoms with Crippen LogP contribution in [0.2, 0.25) is 0 Å². The van der Waals surface area contributed by atoms with Crippen molar-refractivity contribution < 1.29 is 4.52 Å². The molecule has 0 fully saturated rings. The fourth-order valence-electron chi connectivity index (χ4n) is 1.25. The minimum Gasteiger partial charge on any atom is -0.338 e. The normalized spacial score (nSPS) is 12.9. The molecule has 1 unspecified atom stereocenters. The lowest BCUT2D eigenvalue weighted by Crippen LogP contribution is -1.91. The minimum absolute atomic E-state index is 0.268. The lowest BCUT2D eigenvalue weighted by atomic mass is 10.3. The fourth-order valence-corrected chi connectivity index (χ4v) is 3.02. The summed E-state index contributed by atoms with van der Waals surface area (Å²) in [7, 11) is 0. The molecule has 2 heterocycles. The van der Waals surface area contributed by atoms with Gasteiger partial charge >= 0.3 is 0 Å². The fraction of sp³-hybridized carbons (Fsp3) is 0.444. The zero-order valence-electron chi connectivity index (χ0n) is 8.81. The zero-order valence-corrected chi connectivity index (χ0v) is 12.0.